The molecule has 1 aromatic rings. The maximum Gasteiger partial charge on any atom is 0.163 e. The molecule has 0 spiro atoms. The molecule has 0 fully saturated rings. The van der Waals surface area contributed by atoms with Crippen molar-refractivity contribution < 1.29 is 14.0 Å². The third kappa shape index (κ3) is 3.10. The Hall–Kier alpha value is -1.29. The first-order valence-electron chi connectivity index (χ1n) is 4.60. The molecular formula is C12H10BrFO2. The lowest BCUT2D eigenvalue weighted by atomic mass is 10.0. The van der Waals surface area contributed by atoms with Crippen molar-refractivity contribution >= 4 is 33.6 Å². The summed E-state index contributed by atoms with van der Waals surface area (Å²) in [5, 5.41) is 0. The fourth-order valence-electron chi connectivity index (χ4n) is 1.23. The lowest BCUT2D eigenvalue weighted by Crippen LogP contribution is -2.05. The van der Waals surface area contributed by atoms with E-state index in [9.17, 15) is 14.0 Å². The topological polar surface area (TPSA) is 34.1 Å². The summed E-state index contributed by atoms with van der Waals surface area (Å²) in [5.41, 5.74) is 0.534. The first-order valence-corrected chi connectivity index (χ1v) is 5.39. The standard InChI is InChI=1S/C12H10BrFO2/c1-7(15)11(8(2)16)6-9-5-10(14)3-4-12(9)13/h3-6H,1-2H3. The molecule has 0 atom stereocenters. The summed E-state index contributed by atoms with van der Waals surface area (Å²) in [6.45, 7) is 2.61. The Morgan fingerprint density at radius 2 is 1.81 bits per heavy atom. The highest BCUT2D eigenvalue weighted by Crippen LogP contribution is 2.21. The summed E-state index contributed by atoms with van der Waals surface area (Å²) in [5.74, 6) is -1.08. The Morgan fingerprint density at radius 3 is 2.31 bits per heavy atom. The molecule has 1 rings (SSSR count). The molecule has 0 aliphatic rings. The van der Waals surface area contributed by atoms with Crippen molar-refractivity contribution in [2.24, 2.45) is 0 Å². The van der Waals surface area contributed by atoms with Crippen molar-refractivity contribution in [2.45, 2.75) is 13.8 Å². The second-order valence-electron chi connectivity index (χ2n) is 3.34. The number of rotatable bonds is 3. The summed E-state index contributed by atoms with van der Waals surface area (Å²) in [7, 11) is 0. The quantitative estimate of drug-likeness (QED) is 0.485. The number of ketones is 2. The van der Waals surface area contributed by atoms with Gasteiger partial charge >= 0.3 is 0 Å². The molecule has 0 radical (unpaired) electrons. The number of Topliss-reactive ketones (excluding diaryl/α,β-unsaturated/α-hetero) is 2. The van der Waals surface area contributed by atoms with Gasteiger partial charge in [0.25, 0.3) is 0 Å². The van der Waals surface area contributed by atoms with E-state index in [2.05, 4.69) is 15.9 Å². The highest BCUT2D eigenvalue weighted by molar-refractivity contribution is 9.10. The maximum absolute atomic E-state index is 13.0. The van der Waals surface area contributed by atoms with E-state index < -0.39 is 5.82 Å². The highest BCUT2D eigenvalue weighted by atomic mass is 79.9. The van der Waals surface area contributed by atoms with E-state index in [1.165, 1.54) is 38.1 Å². The molecule has 0 heterocycles. The van der Waals surface area contributed by atoms with Crippen molar-refractivity contribution in [3.8, 4) is 0 Å². The zero-order valence-electron chi connectivity index (χ0n) is 8.88. The molecular weight excluding hydrogens is 275 g/mol. The van der Waals surface area contributed by atoms with Crippen molar-refractivity contribution in [3.05, 3.63) is 39.6 Å². The van der Waals surface area contributed by atoms with Gasteiger partial charge in [0.05, 0.1) is 5.57 Å². The van der Waals surface area contributed by atoms with Crippen LogP contribution in [0.3, 0.4) is 0 Å². The van der Waals surface area contributed by atoms with Gasteiger partial charge in [0.2, 0.25) is 0 Å². The van der Waals surface area contributed by atoms with Crippen molar-refractivity contribution in [3.63, 3.8) is 0 Å². The third-order valence-electron chi connectivity index (χ3n) is 2.02. The minimum atomic E-state index is -0.416. The summed E-state index contributed by atoms with van der Waals surface area (Å²) in [4.78, 5) is 22.4. The van der Waals surface area contributed by atoms with Gasteiger partial charge in [-0.2, -0.15) is 0 Å². The van der Waals surface area contributed by atoms with Gasteiger partial charge in [0.15, 0.2) is 11.6 Å². The molecule has 2 nitrogen and oxygen atoms in total. The second kappa shape index (κ2) is 5.16. The highest BCUT2D eigenvalue weighted by Gasteiger charge is 2.10. The monoisotopic (exact) mass is 284 g/mol. The lowest BCUT2D eigenvalue weighted by molar-refractivity contribution is -0.119. The predicted octanol–water partition coefficient (Wildman–Crippen LogP) is 3.15. The normalized spacial score (nSPS) is 9.75. The van der Waals surface area contributed by atoms with E-state index in [0.717, 1.165) is 0 Å². The molecule has 0 aliphatic heterocycles. The number of hydrogen-bond donors (Lipinski definition) is 0. The molecule has 0 aromatic heterocycles. The van der Waals surface area contributed by atoms with Gasteiger partial charge in [0, 0.05) is 4.47 Å². The zero-order chi connectivity index (χ0) is 12.3. The van der Waals surface area contributed by atoms with E-state index in [0.29, 0.717) is 10.0 Å². The third-order valence-corrected chi connectivity index (χ3v) is 2.74. The Morgan fingerprint density at radius 1 is 1.25 bits per heavy atom. The number of allylic oxidation sites excluding steroid dienone is 1. The number of halogens is 2. The summed E-state index contributed by atoms with van der Waals surface area (Å²) in [6.07, 6.45) is 1.39. The maximum atomic E-state index is 13.0. The van der Waals surface area contributed by atoms with Crippen LogP contribution in [-0.2, 0) is 9.59 Å². The van der Waals surface area contributed by atoms with Gasteiger partial charge in [-0.05, 0) is 43.7 Å². The van der Waals surface area contributed by atoms with Crippen molar-refractivity contribution in [1.29, 1.82) is 0 Å². The van der Waals surface area contributed by atoms with Crippen LogP contribution in [-0.4, -0.2) is 11.6 Å². The lowest BCUT2D eigenvalue weighted by Gasteiger charge is -2.02. The molecule has 0 aliphatic carbocycles. The van der Waals surface area contributed by atoms with Crippen LogP contribution in [0.15, 0.2) is 28.2 Å². The molecule has 1 aromatic carbocycles. The van der Waals surface area contributed by atoms with Gasteiger partial charge in [-0.25, -0.2) is 4.39 Å². The van der Waals surface area contributed by atoms with Crippen LogP contribution in [0, 0.1) is 5.82 Å². The van der Waals surface area contributed by atoms with E-state index in [4.69, 9.17) is 0 Å². The van der Waals surface area contributed by atoms with E-state index in [1.54, 1.807) is 0 Å². The predicted molar refractivity (Wildman–Crippen MR) is 63.4 cm³/mol. The second-order valence-corrected chi connectivity index (χ2v) is 4.19. The minimum Gasteiger partial charge on any atom is -0.294 e. The van der Waals surface area contributed by atoms with Crippen molar-refractivity contribution in [1.82, 2.24) is 0 Å². The Bertz CT molecular complexity index is 462. The largest absolute Gasteiger partial charge is 0.294 e. The van der Waals surface area contributed by atoms with Crippen LogP contribution < -0.4 is 0 Å². The van der Waals surface area contributed by atoms with E-state index in [-0.39, 0.29) is 17.1 Å². The Balaban J connectivity index is 3.28. The Kier molecular flexibility index (Phi) is 4.12. The SMILES string of the molecule is CC(=O)C(=Cc1cc(F)ccc1Br)C(C)=O. The van der Waals surface area contributed by atoms with Crippen LogP contribution >= 0.6 is 15.9 Å². The van der Waals surface area contributed by atoms with Crippen molar-refractivity contribution in [2.75, 3.05) is 0 Å². The van der Waals surface area contributed by atoms with E-state index in [1.807, 2.05) is 0 Å². The molecule has 16 heavy (non-hydrogen) atoms. The van der Waals surface area contributed by atoms with Gasteiger partial charge < -0.3 is 0 Å². The fraction of sp³-hybridized carbons (Fsp3) is 0.167. The van der Waals surface area contributed by atoms with Crippen LogP contribution in [0.25, 0.3) is 6.08 Å². The van der Waals surface area contributed by atoms with Crippen LogP contribution in [0.5, 0.6) is 0 Å². The summed E-state index contributed by atoms with van der Waals surface area (Å²) in [6, 6.07) is 4.08. The summed E-state index contributed by atoms with van der Waals surface area (Å²) < 4.78 is 13.6. The average molecular weight is 285 g/mol. The molecule has 84 valence electrons. The molecule has 0 unspecified atom stereocenters. The van der Waals surface area contributed by atoms with Gasteiger partial charge in [-0.1, -0.05) is 15.9 Å². The Labute approximate surface area is 101 Å². The molecule has 0 bridgehead atoms. The minimum absolute atomic E-state index is 0.0614. The molecule has 0 saturated heterocycles. The molecule has 0 saturated carbocycles. The fourth-order valence-corrected chi connectivity index (χ4v) is 1.59. The molecule has 0 amide bonds. The molecule has 0 N–H and O–H groups in total. The van der Waals surface area contributed by atoms with Gasteiger partial charge in [-0.15, -0.1) is 0 Å². The first kappa shape index (κ1) is 12.8. The van der Waals surface area contributed by atoms with Crippen LogP contribution in [0.1, 0.15) is 19.4 Å². The van der Waals surface area contributed by atoms with Gasteiger partial charge in [0.1, 0.15) is 5.82 Å². The smallest absolute Gasteiger partial charge is 0.163 e. The number of benzene rings is 1. The van der Waals surface area contributed by atoms with Crippen LogP contribution in [0.2, 0.25) is 0 Å². The average Bonchev–Trinajstić information content (AvgIpc) is 2.18. The zero-order valence-corrected chi connectivity index (χ0v) is 10.5. The molecule has 4 heteroatoms. The van der Waals surface area contributed by atoms with E-state index >= 15 is 0 Å². The summed E-state index contributed by atoms with van der Waals surface area (Å²) >= 11 is 3.22. The van der Waals surface area contributed by atoms with Crippen LogP contribution in [0.4, 0.5) is 4.39 Å². The van der Waals surface area contributed by atoms with Gasteiger partial charge in [-0.3, -0.25) is 9.59 Å². The number of carbonyl (C=O) groups is 2. The number of hydrogen-bond acceptors (Lipinski definition) is 2. The first-order chi connectivity index (χ1) is 7.41. The number of carbonyl (C=O) groups excluding carboxylic acids is 2.